The number of rotatable bonds is 5. The molecule has 130 valence electrons. The molecular weight excluding hydrogens is 349 g/mol. The fraction of sp³-hybridized carbons (Fsp3) is 0.462. The fourth-order valence-electron chi connectivity index (χ4n) is 1.86. The Morgan fingerprint density at radius 3 is 2.83 bits per heavy atom. The number of hydrogen-bond acceptors (Lipinski definition) is 6. The second-order valence-corrected chi connectivity index (χ2v) is 6.30. The molecule has 3 rings (SSSR count). The first kappa shape index (κ1) is 16.7. The molecule has 7 nitrogen and oxygen atoms in total. The van der Waals surface area contributed by atoms with Crippen LogP contribution < -0.4 is 5.32 Å². The topological polar surface area (TPSA) is 80.5 Å². The van der Waals surface area contributed by atoms with Crippen LogP contribution in [0, 0.1) is 0 Å². The van der Waals surface area contributed by atoms with Crippen LogP contribution in [-0.2, 0) is 17.6 Å². The van der Waals surface area contributed by atoms with Gasteiger partial charge in [0.25, 0.3) is 0 Å². The van der Waals surface area contributed by atoms with Crippen LogP contribution in [0.5, 0.6) is 0 Å². The molecule has 1 N–H and O–H groups in total. The van der Waals surface area contributed by atoms with Gasteiger partial charge in [-0.15, -0.1) is 11.3 Å². The lowest BCUT2D eigenvalue weighted by Gasteiger charge is -2.19. The van der Waals surface area contributed by atoms with Gasteiger partial charge >= 0.3 is 18.1 Å². The van der Waals surface area contributed by atoms with E-state index in [1.165, 1.54) is 7.11 Å². The van der Waals surface area contributed by atoms with Gasteiger partial charge in [0, 0.05) is 10.9 Å². The molecule has 0 saturated heterocycles. The number of hydroxylamine groups is 2. The quantitative estimate of drug-likeness (QED) is 0.827. The Morgan fingerprint density at radius 2 is 2.25 bits per heavy atom. The Labute approximate surface area is 138 Å². The monoisotopic (exact) mass is 362 g/mol. The van der Waals surface area contributed by atoms with Crippen LogP contribution in [0.15, 0.2) is 16.7 Å². The zero-order valence-electron chi connectivity index (χ0n) is 12.5. The molecule has 1 saturated carbocycles. The van der Waals surface area contributed by atoms with E-state index in [1.807, 2.05) is 0 Å². The Hall–Kier alpha value is -2.14. The Kier molecular flexibility index (Phi) is 4.45. The Balaban J connectivity index is 1.68. The third kappa shape index (κ3) is 3.85. The molecule has 0 spiro atoms. The van der Waals surface area contributed by atoms with Gasteiger partial charge < -0.3 is 9.84 Å². The van der Waals surface area contributed by atoms with Crippen LogP contribution in [0.2, 0.25) is 0 Å². The van der Waals surface area contributed by atoms with Crippen LogP contribution in [0.3, 0.4) is 0 Å². The van der Waals surface area contributed by atoms with Crippen molar-refractivity contribution < 1.29 is 27.3 Å². The number of hydrogen-bond donors (Lipinski definition) is 1. The van der Waals surface area contributed by atoms with Gasteiger partial charge in [0.15, 0.2) is 0 Å². The molecule has 0 unspecified atom stereocenters. The van der Waals surface area contributed by atoms with E-state index in [2.05, 4.69) is 20.0 Å². The largest absolute Gasteiger partial charge is 0.471 e. The third-order valence-corrected chi connectivity index (χ3v) is 4.27. The highest BCUT2D eigenvalue weighted by Gasteiger charge is 2.38. The van der Waals surface area contributed by atoms with Crippen molar-refractivity contribution >= 4 is 17.4 Å². The van der Waals surface area contributed by atoms with Crippen molar-refractivity contribution in [1.29, 1.82) is 0 Å². The highest BCUT2D eigenvalue weighted by atomic mass is 32.1. The summed E-state index contributed by atoms with van der Waals surface area (Å²) in [5.41, 5.74) is 0. The minimum atomic E-state index is -4.68. The summed E-state index contributed by atoms with van der Waals surface area (Å²) in [7, 11) is 1.37. The normalized spacial score (nSPS) is 14.7. The fourth-order valence-corrected chi connectivity index (χ4v) is 2.77. The number of aromatic nitrogens is 2. The number of thiophene rings is 1. The SMILES string of the molecule is CON(Cc1ccc(-c2noc(C(F)(F)F)n2)s1)C(=O)NC1CC1. The summed E-state index contributed by atoms with van der Waals surface area (Å²) in [6, 6.07) is 3.07. The minimum absolute atomic E-state index is 0.148. The highest BCUT2D eigenvalue weighted by Crippen LogP contribution is 2.32. The number of carbonyl (C=O) groups excluding carboxylic acids is 1. The first-order valence-electron chi connectivity index (χ1n) is 6.99. The molecule has 0 bridgehead atoms. The molecule has 1 aliphatic carbocycles. The highest BCUT2D eigenvalue weighted by molar-refractivity contribution is 7.15. The van der Waals surface area contributed by atoms with E-state index in [0.717, 1.165) is 29.2 Å². The summed E-state index contributed by atoms with van der Waals surface area (Å²) in [6.45, 7) is 0.156. The van der Waals surface area contributed by atoms with Gasteiger partial charge in [-0.2, -0.15) is 23.2 Å². The predicted octanol–water partition coefficient (Wildman–Crippen LogP) is 3.05. The number of amides is 2. The van der Waals surface area contributed by atoms with Gasteiger partial charge in [0.2, 0.25) is 5.82 Å². The molecule has 1 fully saturated rings. The maximum absolute atomic E-state index is 12.5. The summed E-state index contributed by atoms with van der Waals surface area (Å²) in [4.78, 5) is 21.4. The smallest absolute Gasteiger partial charge is 0.333 e. The van der Waals surface area contributed by atoms with Crippen LogP contribution in [0.4, 0.5) is 18.0 Å². The molecule has 2 aromatic rings. The molecular formula is C13H13F3N4O3S. The van der Waals surface area contributed by atoms with Crippen LogP contribution >= 0.6 is 11.3 Å². The number of halogens is 3. The first-order valence-corrected chi connectivity index (χ1v) is 7.80. The minimum Gasteiger partial charge on any atom is -0.333 e. The van der Waals surface area contributed by atoms with Gasteiger partial charge in [-0.1, -0.05) is 5.16 Å². The van der Waals surface area contributed by atoms with Gasteiger partial charge in [-0.3, -0.25) is 4.84 Å². The summed E-state index contributed by atoms with van der Waals surface area (Å²) in [5.74, 6) is -1.54. The van der Waals surface area contributed by atoms with Gasteiger partial charge in [0.05, 0.1) is 18.5 Å². The van der Waals surface area contributed by atoms with Crippen LogP contribution in [-0.4, -0.2) is 34.4 Å². The second-order valence-electron chi connectivity index (χ2n) is 5.13. The van der Waals surface area contributed by atoms with E-state index in [0.29, 0.717) is 9.75 Å². The Morgan fingerprint density at radius 1 is 1.50 bits per heavy atom. The molecule has 24 heavy (non-hydrogen) atoms. The van der Waals surface area contributed by atoms with E-state index in [1.54, 1.807) is 12.1 Å². The zero-order valence-corrected chi connectivity index (χ0v) is 13.3. The molecule has 0 aromatic carbocycles. The number of nitrogens with one attached hydrogen (secondary N) is 1. The van der Waals surface area contributed by atoms with E-state index in [-0.39, 0.29) is 24.4 Å². The Bertz CT molecular complexity index is 726. The zero-order chi connectivity index (χ0) is 17.3. The average molecular weight is 362 g/mol. The molecule has 0 radical (unpaired) electrons. The number of carbonyl (C=O) groups is 1. The van der Waals surface area contributed by atoms with Crippen molar-refractivity contribution in [3.05, 3.63) is 22.9 Å². The van der Waals surface area contributed by atoms with Crippen LogP contribution in [0.1, 0.15) is 23.6 Å². The number of nitrogens with zero attached hydrogens (tertiary/aromatic N) is 3. The maximum Gasteiger partial charge on any atom is 0.471 e. The predicted molar refractivity (Wildman–Crippen MR) is 76.7 cm³/mol. The van der Waals surface area contributed by atoms with Crippen molar-refractivity contribution in [1.82, 2.24) is 20.5 Å². The van der Waals surface area contributed by atoms with Gasteiger partial charge in [-0.05, 0) is 25.0 Å². The summed E-state index contributed by atoms with van der Waals surface area (Å²) in [6.07, 6.45) is -2.78. The lowest BCUT2D eigenvalue weighted by atomic mass is 10.4. The molecule has 11 heteroatoms. The van der Waals surface area contributed by atoms with E-state index in [4.69, 9.17) is 4.84 Å². The number of alkyl halides is 3. The van der Waals surface area contributed by atoms with Crippen molar-refractivity contribution in [3.8, 4) is 10.7 Å². The van der Waals surface area contributed by atoms with Crippen molar-refractivity contribution in [2.45, 2.75) is 31.6 Å². The molecule has 0 atom stereocenters. The lowest BCUT2D eigenvalue weighted by molar-refractivity contribution is -0.159. The molecule has 2 heterocycles. The van der Waals surface area contributed by atoms with Crippen molar-refractivity contribution in [3.63, 3.8) is 0 Å². The molecule has 2 amide bonds. The lowest BCUT2D eigenvalue weighted by Crippen LogP contribution is -2.39. The standard InChI is InChI=1S/C13H13F3N4O3S/c1-22-20(12(21)17-7-2-3-7)6-8-4-5-9(24-8)10-18-11(23-19-10)13(14,15)16/h4-5,7H,2-3,6H2,1H3,(H,17,21). The molecule has 1 aliphatic rings. The first-order chi connectivity index (χ1) is 11.4. The second kappa shape index (κ2) is 6.40. The van der Waals surface area contributed by atoms with E-state index in [9.17, 15) is 18.0 Å². The third-order valence-electron chi connectivity index (χ3n) is 3.20. The van der Waals surface area contributed by atoms with Crippen molar-refractivity contribution in [2.75, 3.05) is 7.11 Å². The van der Waals surface area contributed by atoms with Gasteiger partial charge in [-0.25, -0.2) is 4.79 Å². The van der Waals surface area contributed by atoms with Crippen LogP contribution in [0.25, 0.3) is 10.7 Å². The summed E-state index contributed by atoms with van der Waals surface area (Å²) < 4.78 is 41.6. The summed E-state index contributed by atoms with van der Waals surface area (Å²) in [5, 5.41) is 7.26. The average Bonchev–Trinajstić information content (AvgIpc) is 3.03. The van der Waals surface area contributed by atoms with Gasteiger partial charge in [0.1, 0.15) is 0 Å². The molecule has 0 aliphatic heterocycles. The maximum atomic E-state index is 12.5. The molecule has 2 aromatic heterocycles. The van der Waals surface area contributed by atoms with E-state index < -0.39 is 12.1 Å². The van der Waals surface area contributed by atoms with E-state index >= 15 is 0 Å². The van der Waals surface area contributed by atoms with Crippen molar-refractivity contribution in [2.24, 2.45) is 0 Å². The number of urea groups is 1. The summed E-state index contributed by atoms with van der Waals surface area (Å²) >= 11 is 1.15.